The number of rotatable bonds is 0. The van der Waals surface area contributed by atoms with Crippen molar-refractivity contribution < 1.29 is 9.13 Å². The molecule has 0 aromatic heterocycles. The van der Waals surface area contributed by atoms with Crippen LogP contribution < -0.4 is 0 Å². The summed E-state index contributed by atoms with van der Waals surface area (Å²) in [4.78, 5) is 0. The van der Waals surface area contributed by atoms with E-state index in [1.54, 1.807) is 0 Å². The summed E-state index contributed by atoms with van der Waals surface area (Å²) in [5.74, 6) is 0. The molecule has 0 bridgehead atoms. The molecule has 1 aliphatic carbocycles. The van der Waals surface area contributed by atoms with Crippen molar-refractivity contribution in [2.24, 2.45) is 0 Å². The van der Waals surface area contributed by atoms with Crippen LogP contribution in [-0.2, 0) is 4.74 Å². The SMILES string of the molecule is F[C@@H]1CCC2(CCC2)OC1. The largest absolute Gasteiger partial charge is 0.372 e. The van der Waals surface area contributed by atoms with Gasteiger partial charge in [0.05, 0.1) is 12.2 Å². The van der Waals surface area contributed by atoms with E-state index in [4.69, 9.17) is 4.74 Å². The predicted molar refractivity (Wildman–Crippen MR) is 36.7 cm³/mol. The summed E-state index contributed by atoms with van der Waals surface area (Å²) in [6.45, 7) is 0.347. The van der Waals surface area contributed by atoms with Crippen molar-refractivity contribution in [3.63, 3.8) is 0 Å². The normalized spacial score (nSPS) is 37.5. The zero-order valence-corrected chi connectivity index (χ0v) is 6.11. The maximum absolute atomic E-state index is 12.6. The molecule has 0 aromatic carbocycles. The predicted octanol–water partition coefficient (Wildman–Crippen LogP) is 2.06. The second kappa shape index (κ2) is 2.19. The van der Waals surface area contributed by atoms with E-state index in [1.165, 1.54) is 19.3 Å². The van der Waals surface area contributed by atoms with Crippen molar-refractivity contribution in [1.82, 2.24) is 0 Å². The lowest BCUT2D eigenvalue weighted by atomic mass is 9.75. The molecule has 1 saturated carbocycles. The molecule has 0 N–H and O–H groups in total. The van der Waals surface area contributed by atoms with Crippen LogP contribution >= 0.6 is 0 Å². The lowest BCUT2D eigenvalue weighted by Crippen LogP contribution is -2.45. The smallest absolute Gasteiger partial charge is 0.123 e. The van der Waals surface area contributed by atoms with Gasteiger partial charge in [0.25, 0.3) is 0 Å². The zero-order valence-electron chi connectivity index (χ0n) is 6.11. The van der Waals surface area contributed by atoms with Gasteiger partial charge in [0, 0.05) is 0 Å². The van der Waals surface area contributed by atoms with Gasteiger partial charge >= 0.3 is 0 Å². The van der Waals surface area contributed by atoms with Crippen molar-refractivity contribution in [3.8, 4) is 0 Å². The highest BCUT2D eigenvalue weighted by atomic mass is 19.1. The Balaban J connectivity index is 1.90. The first-order valence-corrected chi connectivity index (χ1v) is 4.09. The average molecular weight is 144 g/mol. The lowest BCUT2D eigenvalue weighted by molar-refractivity contribution is -0.148. The Morgan fingerprint density at radius 1 is 1.30 bits per heavy atom. The maximum Gasteiger partial charge on any atom is 0.123 e. The van der Waals surface area contributed by atoms with Crippen LogP contribution in [0.25, 0.3) is 0 Å². The Morgan fingerprint density at radius 2 is 2.10 bits per heavy atom. The molecule has 10 heavy (non-hydrogen) atoms. The van der Waals surface area contributed by atoms with E-state index >= 15 is 0 Å². The van der Waals surface area contributed by atoms with Gasteiger partial charge in [-0.1, -0.05) is 0 Å². The summed E-state index contributed by atoms with van der Waals surface area (Å²) in [5.41, 5.74) is 0.141. The summed E-state index contributed by atoms with van der Waals surface area (Å²) in [6, 6.07) is 0. The molecule has 0 unspecified atom stereocenters. The Labute approximate surface area is 60.6 Å². The topological polar surface area (TPSA) is 9.23 Å². The first-order valence-electron chi connectivity index (χ1n) is 4.09. The molecule has 2 fully saturated rings. The van der Waals surface area contributed by atoms with Gasteiger partial charge in [0.1, 0.15) is 6.17 Å². The van der Waals surface area contributed by atoms with Gasteiger partial charge in [-0.3, -0.25) is 0 Å². The van der Waals surface area contributed by atoms with E-state index in [9.17, 15) is 4.39 Å². The van der Waals surface area contributed by atoms with E-state index in [0.717, 1.165) is 12.8 Å². The zero-order chi connectivity index (χ0) is 7.03. The number of ether oxygens (including phenoxy) is 1. The van der Waals surface area contributed by atoms with Crippen LogP contribution in [0.15, 0.2) is 0 Å². The van der Waals surface area contributed by atoms with Crippen molar-refractivity contribution >= 4 is 0 Å². The fourth-order valence-electron chi connectivity index (χ4n) is 1.81. The monoisotopic (exact) mass is 144 g/mol. The fraction of sp³-hybridized carbons (Fsp3) is 1.00. The number of halogens is 1. The maximum atomic E-state index is 12.6. The molecule has 1 aliphatic heterocycles. The highest BCUT2D eigenvalue weighted by Gasteiger charge is 2.41. The lowest BCUT2D eigenvalue weighted by Gasteiger charge is -2.45. The molecular formula is C8H13FO. The van der Waals surface area contributed by atoms with E-state index < -0.39 is 6.17 Å². The third-order valence-corrected chi connectivity index (χ3v) is 2.75. The Hall–Kier alpha value is -0.110. The van der Waals surface area contributed by atoms with E-state index in [0.29, 0.717) is 6.61 Å². The van der Waals surface area contributed by atoms with Crippen LogP contribution in [0, 0.1) is 0 Å². The van der Waals surface area contributed by atoms with Gasteiger partial charge in [-0.25, -0.2) is 4.39 Å². The van der Waals surface area contributed by atoms with Gasteiger partial charge in [-0.2, -0.15) is 0 Å². The Kier molecular flexibility index (Phi) is 1.44. The van der Waals surface area contributed by atoms with E-state index in [2.05, 4.69) is 0 Å². The van der Waals surface area contributed by atoms with Crippen LogP contribution in [0.2, 0.25) is 0 Å². The molecule has 2 aliphatic rings. The molecule has 0 amide bonds. The minimum absolute atomic E-state index is 0.141. The van der Waals surface area contributed by atoms with Crippen LogP contribution in [-0.4, -0.2) is 18.4 Å². The summed E-state index contributed by atoms with van der Waals surface area (Å²) in [5, 5.41) is 0. The highest BCUT2D eigenvalue weighted by molar-refractivity contribution is 4.92. The third kappa shape index (κ3) is 0.947. The molecule has 1 nitrogen and oxygen atoms in total. The van der Waals surface area contributed by atoms with Crippen molar-refractivity contribution in [1.29, 1.82) is 0 Å². The summed E-state index contributed by atoms with van der Waals surface area (Å²) >= 11 is 0. The minimum atomic E-state index is -0.689. The van der Waals surface area contributed by atoms with Gasteiger partial charge in [0.2, 0.25) is 0 Å². The van der Waals surface area contributed by atoms with Gasteiger partial charge < -0.3 is 4.74 Å². The fourth-order valence-corrected chi connectivity index (χ4v) is 1.81. The standard InChI is InChI=1S/C8H13FO/c9-7-2-5-8(10-6-7)3-1-4-8/h7H,1-6H2/t7-/m1/s1. The van der Waals surface area contributed by atoms with Gasteiger partial charge in [0.15, 0.2) is 0 Å². The van der Waals surface area contributed by atoms with Crippen LogP contribution in [0.5, 0.6) is 0 Å². The molecule has 1 spiro atoms. The van der Waals surface area contributed by atoms with Crippen LogP contribution in [0.3, 0.4) is 0 Å². The molecule has 0 aromatic rings. The van der Waals surface area contributed by atoms with Crippen molar-refractivity contribution in [2.75, 3.05) is 6.61 Å². The second-order valence-electron chi connectivity index (χ2n) is 3.48. The van der Waals surface area contributed by atoms with E-state index in [-0.39, 0.29) is 5.60 Å². The second-order valence-corrected chi connectivity index (χ2v) is 3.48. The summed E-state index contributed by atoms with van der Waals surface area (Å²) in [7, 11) is 0. The molecule has 2 heteroatoms. The molecule has 2 rings (SSSR count). The molecular weight excluding hydrogens is 131 g/mol. The van der Waals surface area contributed by atoms with Gasteiger partial charge in [-0.15, -0.1) is 0 Å². The van der Waals surface area contributed by atoms with Crippen molar-refractivity contribution in [2.45, 2.75) is 43.9 Å². The summed E-state index contributed by atoms with van der Waals surface area (Å²) < 4.78 is 18.0. The third-order valence-electron chi connectivity index (χ3n) is 2.75. The molecule has 1 saturated heterocycles. The molecule has 58 valence electrons. The number of hydrogen-bond donors (Lipinski definition) is 0. The minimum Gasteiger partial charge on any atom is -0.372 e. The van der Waals surface area contributed by atoms with E-state index in [1.807, 2.05) is 0 Å². The first-order chi connectivity index (χ1) is 4.81. The highest BCUT2D eigenvalue weighted by Crippen LogP contribution is 2.42. The molecule has 1 heterocycles. The molecule has 1 atom stereocenters. The Morgan fingerprint density at radius 3 is 2.50 bits per heavy atom. The quantitative estimate of drug-likeness (QED) is 0.505. The number of alkyl halides is 1. The number of hydrogen-bond acceptors (Lipinski definition) is 1. The van der Waals surface area contributed by atoms with Gasteiger partial charge in [-0.05, 0) is 32.1 Å². The van der Waals surface area contributed by atoms with Crippen LogP contribution in [0.4, 0.5) is 4.39 Å². The summed E-state index contributed by atoms with van der Waals surface area (Å²) in [6.07, 6.45) is 4.59. The van der Waals surface area contributed by atoms with Crippen LogP contribution in [0.1, 0.15) is 32.1 Å². The Bertz CT molecular complexity index is 121. The first kappa shape index (κ1) is 6.59. The molecule has 0 radical (unpaired) electrons. The van der Waals surface area contributed by atoms with Crippen molar-refractivity contribution in [3.05, 3.63) is 0 Å². The average Bonchev–Trinajstić information content (AvgIpc) is 1.86.